The number of likely N-dealkylation sites (tertiary alicyclic amines) is 1. The Balaban J connectivity index is 1.53. The van der Waals surface area contributed by atoms with Crippen LogP contribution >= 0.6 is 11.6 Å². The molecule has 6 nitrogen and oxygen atoms in total. The molecule has 2 aliphatic rings. The van der Waals surface area contributed by atoms with Gasteiger partial charge in [0.25, 0.3) is 10.0 Å². The summed E-state index contributed by atoms with van der Waals surface area (Å²) in [5.74, 6) is -0.696. The SMILES string of the molecule is O=C(OCc1ccc(F)cc1Cl)C1CCCN1C1=NS(=O)(=O)c2ccccc21. The fourth-order valence-electron chi connectivity index (χ4n) is 3.44. The summed E-state index contributed by atoms with van der Waals surface area (Å²) in [6.45, 7) is 0.406. The van der Waals surface area contributed by atoms with E-state index in [4.69, 9.17) is 16.3 Å². The highest BCUT2D eigenvalue weighted by Gasteiger charge is 2.39. The first-order valence-corrected chi connectivity index (χ1v) is 10.5. The molecule has 0 radical (unpaired) electrons. The molecule has 0 aromatic heterocycles. The van der Waals surface area contributed by atoms with E-state index in [9.17, 15) is 17.6 Å². The summed E-state index contributed by atoms with van der Waals surface area (Å²) in [4.78, 5) is 14.5. The minimum absolute atomic E-state index is 0.0936. The van der Waals surface area contributed by atoms with Gasteiger partial charge in [-0.3, -0.25) is 0 Å². The van der Waals surface area contributed by atoms with Crippen LogP contribution in [-0.2, 0) is 26.2 Å². The predicted octanol–water partition coefficient (Wildman–Crippen LogP) is 3.14. The molecule has 9 heteroatoms. The van der Waals surface area contributed by atoms with E-state index in [0.717, 1.165) is 6.07 Å². The third kappa shape index (κ3) is 3.38. The van der Waals surface area contributed by atoms with Gasteiger partial charge >= 0.3 is 5.97 Å². The zero-order valence-corrected chi connectivity index (χ0v) is 16.2. The number of esters is 1. The molecule has 0 spiro atoms. The Morgan fingerprint density at radius 2 is 2.07 bits per heavy atom. The van der Waals surface area contributed by atoms with Crippen LogP contribution in [0.3, 0.4) is 0 Å². The Morgan fingerprint density at radius 3 is 2.86 bits per heavy atom. The van der Waals surface area contributed by atoms with Gasteiger partial charge in [-0.1, -0.05) is 29.8 Å². The molecule has 4 rings (SSSR count). The summed E-state index contributed by atoms with van der Waals surface area (Å²) in [6, 6.07) is 9.76. The minimum atomic E-state index is -3.77. The normalized spacial score (nSPS) is 20.0. The Hall–Kier alpha value is -2.45. The number of halogens is 2. The number of fused-ring (bicyclic) bond motifs is 1. The maximum Gasteiger partial charge on any atom is 0.329 e. The van der Waals surface area contributed by atoms with E-state index in [0.29, 0.717) is 30.5 Å². The maximum atomic E-state index is 13.1. The van der Waals surface area contributed by atoms with Crippen molar-refractivity contribution in [2.75, 3.05) is 6.54 Å². The number of sulfonamides is 1. The molecule has 1 saturated heterocycles. The third-order valence-corrected chi connectivity index (χ3v) is 6.47. The van der Waals surface area contributed by atoms with Gasteiger partial charge in [-0.25, -0.2) is 9.18 Å². The molecule has 0 aliphatic carbocycles. The molecule has 0 saturated carbocycles. The molecule has 28 heavy (non-hydrogen) atoms. The molecule has 1 unspecified atom stereocenters. The van der Waals surface area contributed by atoms with E-state index >= 15 is 0 Å². The van der Waals surface area contributed by atoms with Gasteiger partial charge in [0.2, 0.25) is 0 Å². The van der Waals surface area contributed by atoms with Crippen LogP contribution in [0, 0.1) is 5.82 Å². The smallest absolute Gasteiger partial charge is 0.329 e. The summed E-state index contributed by atoms with van der Waals surface area (Å²) < 4.78 is 47.0. The fraction of sp³-hybridized carbons (Fsp3) is 0.263. The van der Waals surface area contributed by atoms with Crippen molar-refractivity contribution in [3.05, 3.63) is 64.4 Å². The van der Waals surface area contributed by atoms with Gasteiger partial charge in [-0.05, 0) is 37.1 Å². The average molecular weight is 423 g/mol. The number of hydrogen-bond donors (Lipinski definition) is 0. The molecule has 2 aliphatic heterocycles. The zero-order chi connectivity index (χ0) is 19.9. The van der Waals surface area contributed by atoms with Crippen LogP contribution in [0.4, 0.5) is 4.39 Å². The molecule has 0 N–H and O–H groups in total. The molecule has 0 bridgehead atoms. The van der Waals surface area contributed by atoms with Crippen LogP contribution < -0.4 is 0 Å². The van der Waals surface area contributed by atoms with Crippen molar-refractivity contribution in [3.8, 4) is 0 Å². The second-order valence-corrected chi connectivity index (χ2v) is 8.56. The molecule has 0 amide bonds. The van der Waals surface area contributed by atoms with E-state index in [-0.39, 0.29) is 22.4 Å². The molecule has 1 fully saturated rings. The molecule has 1 atom stereocenters. The van der Waals surface area contributed by atoms with Crippen LogP contribution in [-0.4, -0.2) is 37.7 Å². The van der Waals surface area contributed by atoms with Gasteiger partial charge in [0.1, 0.15) is 23.4 Å². The molecular formula is C19H16ClFN2O4S. The third-order valence-electron chi connectivity index (χ3n) is 4.79. The first kappa shape index (κ1) is 18.9. The first-order valence-electron chi connectivity index (χ1n) is 8.68. The Kier molecular flexibility index (Phi) is 4.84. The van der Waals surface area contributed by atoms with Crippen molar-refractivity contribution >= 4 is 33.4 Å². The average Bonchev–Trinajstić information content (AvgIpc) is 3.24. The molecule has 2 heterocycles. The van der Waals surface area contributed by atoms with Gasteiger partial charge in [-0.2, -0.15) is 8.42 Å². The Bertz CT molecular complexity index is 1090. The molecule has 2 aromatic rings. The summed E-state index contributed by atoms with van der Waals surface area (Å²) in [6.07, 6.45) is 1.23. The second-order valence-electron chi connectivity index (χ2n) is 6.58. The second kappa shape index (κ2) is 7.18. The number of rotatable bonds is 3. The zero-order valence-electron chi connectivity index (χ0n) is 14.6. The number of benzene rings is 2. The highest BCUT2D eigenvalue weighted by atomic mass is 35.5. The number of carbonyl (C=O) groups excluding carboxylic acids is 1. The monoisotopic (exact) mass is 422 g/mol. The van der Waals surface area contributed by atoms with Crippen LogP contribution in [0.5, 0.6) is 0 Å². The lowest BCUT2D eigenvalue weighted by atomic mass is 10.1. The van der Waals surface area contributed by atoms with Crippen LogP contribution in [0.25, 0.3) is 0 Å². The lowest BCUT2D eigenvalue weighted by Gasteiger charge is -2.25. The van der Waals surface area contributed by atoms with Gasteiger partial charge in [0, 0.05) is 17.7 Å². The van der Waals surface area contributed by atoms with E-state index in [1.54, 1.807) is 23.1 Å². The van der Waals surface area contributed by atoms with Crippen molar-refractivity contribution in [2.24, 2.45) is 4.40 Å². The summed E-state index contributed by atoms with van der Waals surface area (Å²) >= 11 is 5.97. The van der Waals surface area contributed by atoms with Crippen molar-refractivity contribution < 1.29 is 22.3 Å². The Labute approximate surface area is 166 Å². The summed E-state index contributed by atoms with van der Waals surface area (Å²) in [7, 11) is -3.77. The molecular weight excluding hydrogens is 407 g/mol. The lowest BCUT2D eigenvalue weighted by molar-refractivity contribution is -0.149. The highest BCUT2D eigenvalue weighted by molar-refractivity contribution is 7.90. The standard InChI is InChI=1S/C19H16ClFN2O4S/c20-15-10-13(21)8-7-12(15)11-27-19(24)16-5-3-9-23(16)18-14-4-1-2-6-17(14)28(25,26)22-18/h1-2,4,6-8,10,16H,3,5,9,11H2. The quantitative estimate of drug-likeness (QED) is 0.710. The van der Waals surface area contributed by atoms with Gasteiger partial charge in [0.15, 0.2) is 5.84 Å². The van der Waals surface area contributed by atoms with E-state index in [2.05, 4.69) is 4.40 Å². The minimum Gasteiger partial charge on any atom is -0.459 e. The van der Waals surface area contributed by atoms with Crippen LogP contribution in [0.2, 0.25) is 5.02 Å². The van der Waals surface area contributed by atoms with Crippen LogP contribution in [0.15, 0.2) is 51.8 Å². The predicted molar refractivity (Wildman–Crippen MR) is 101 cm³/mol. The van der Waals surface area contributed by atoms with Crippen molar-refractivity contribution in [1.82, 2.24) is 4.90 Å². The van der Waals surface area contributed by atoms with E-state index in [1.165, 1.54) is 18.2 Å². The maximum absolute atomic E-state index is 13.1. The van der Waals surface area contributed by atoms with Crippen molar-refractivity contribution in [2.45, 2.75) is 30.4 Å². The van der Waals surface area contributed by atoms with Crippen molar-refractivity contribution in [3.63, 3.8) is 0 Å². The van der Waals surface area contributed by atoms with Gasteiger partial charge in [0.05, 0.1) is 5.02 Å². The summed E-state index contributed by atoms with van der Waals surface area (Å²) in [5.41, 5.74) is 0.982. The first-order chi connectivity index (χ1) is 13.4. The largest absolute Gasteiger partial charge is 0.459 e. The van der Waals surface area contributed by atoms with E-state index in [1.807, 2.05) is 0 Å². The fourth-order valence-corrected chi connectivity index (χ4v) is 4.88. The van der Waals surface area contributed by atoms with Crippen molar-refractivity contribution in [1.29, 1.82) is 0 Å². The molecule has 146 valence electrons. The highest BCUT2D eigenvalue weighted by Crippen LogP contribution is 2.31. The Morgan fingerprint density at radius 1 is 1.29 bits per heavy atom. The topological polar surface area (TPSA) is 76.0 Å². The lowest BCUT2D eigenvalue weighted by Crippen LogP contribution is -2.41. The number of nitrogens with zero attached hydrogens (tertiary/aromatic N) is 2. The van der Waals surface area contributed by atoms with E-state index < -0.39 is 27.9 Å². The van der Waals surface area contributed by atoms with Gasteiger partial charge in [-0.15, -0.1) is 4.40 Å². The number of ether oxygens (including phenoxy) is 1. The van der Waals surface area contributed by atoms with Crippen LogP contribution in [0.1, 0.15) is 24.0 Å². The summed E-state index contributed by atoms with van der Waals surface area (Å²) in [5, 5.41) is 0.177. The number of amidine groups is 1. The number of carbonyl (C=O) groups is 1. The molecule has 2 aromatic carbocycles. The van der Waals surface area contributed by atoms with Gasteiger partial charge < -0.3 is 9.64 Å². The number of hydrogen-bond acceptors (Lipinski definition) is 5.